The number of nitrogens with one attached hydrogen (secondary N) is 1. The van der Waals surface area contributed by atoms with E-state index in [0.29, 0.717) is 41.6 Å². The van der Waals surface area contributed by atoms with Crippen molar-refractivity contribution in [2.45, 2.75) is 58.3 Å². The monoisotopic (exact) mass is 560 g/mol. The molecule has 0 unspecified atom stereocenters. The third-order valence-corrected chi connectivity index (χ3v) is 7.17. The van der Waals surface area contributed by atoms with Gasteiger partial charge in [0.25, 0.3) is 0 Å². The van der Waals surface area contributed by atoms with Crippen molar-refractivity contribution in [1.29, 1.82) is 0 Å². The molecule has 0 fully saturated rings. The second-order valence-corrected chi connectivity index (χ2v) is 11.3. The smallest absolute Gasteiger partial charge is 0.333 e. The van der Waals surface area contributed by atoms with Gasteiger partial charge < -0.3 is 10.2 Å². The van der Waals surface area contributed by atoms with E-state index in [4.69, 9.17) is 0 Å². The molecule has 41 heavy (non-hydrogen) atoms. The van der Waals surface area contributed by atoms with Crippen molar-refractivity contribution in [2.24, 2.45) is 0 Å². The van der Waals surface area contributed by atoms with Gasteiger partial charge in [-0.3, -0.25) is 14.8 Å². The molecule has 2 amide bonds. The fourth-order valence-corrected chi connectivity index (χ4v) is 5.26. The first kappa shape index (κ1) is 28.3. The minimum Gasteiger partial charge on any atom is -0.333 e. The first-order valence-corrected chi connectivity index (χ1v) is 13.5. The summed E-state index contributed by atoms with van der Waals surface area (Å²) in [6.45, 7) is 6.22. The van der Waals surface area contributed by atoms with Crippen LogP contribution in [0.25, 0.3) is 22.0 Å². The summed E-state index contributed by atoms with van der Waals surface area (Å²) in [5.74, 6) is -0.121. The van der Waals surface area contributed by atoms with Gasteiger partial charge in [0, 0.05) is 48.4 Å². The fourth-order valence-electron chi connectivity index (χ4n) is 5.26. The third kappa shape index (κ3) is 6.24. The Labute approximate surface area is 236 Å². The van der Waals surface area contributed by atoms with E-state index in [2.05, 4.69) is 15.3 Å². The Morgan fingerprint density at radius 1 is 0.951 bits per heavy atom. The second-order valence-electron chi connectivity index (χ2n) is 11.3. The van der Waals surface area contributed by atoms with Crippen molar-refractivity contribution >= 4 is 22.7 Å². The number of ketones is 1. The van der Waals surface area contributed by atoms with E-state index < -0.39 is 17.3 Å². The predicted molar refractivity (Wildman–Crippen MR) is 151 cm³/mol. The zero-order chi connectivity index (χ0) is 29.4. The van der Waals surface area contributed by atoms with Crippen LogP contribution in [0.4, 0.5) is 18.0 Å². The number of carbonyl (C=O) groups excluding carboxylic acids is 2. The van der Waals surface area contributed by atoms with Gasteiger partial charge in [-0.1, -0.05) is 30.3 Å². The number of amides is 2. The van der Waals surface area contributed by atoms with Gasteiger partial charge in [0.05, 0.1) is 16.8 Å². The number of aromatic nitrogens is 2. The molecule has 2 aromatic carbocycles. The number of hydrogen-bond donors (Lipinski definition) is 1. The molecule has 2 aromatic heterocycles. The number of rotatable bonds is 5. The Hall–Kier alpha value is -4.27. The lowest BCUT2D eigenvalue weighted by atomic mass is 9.85. The first-order valence-electron chi connectivity index (χ1n) is 13.5. The SMILES string of the molecule is CC(C)(C)NC(=O)N1CCc2c(-c3cccc(C(F)(F)F)c3)ccc(C(=O)CCc3nccc4cccnc34)c2C1. The predicted octanol–water partition coefficient (Wildman–Crippen LogP) is 7.00. The van der Waals surface area contributed by atoms with Crippen LogP contribution in [0.3, 0.4) is 0 Å². The summed E-state index contributed by atoms with van der Waals surface area (Å²) < 4.78 is 40.5. The molecule has 9 heteroatoms. The lowest BCUT2D eigenvalue weighted by Crippen LogP contribution is -2.50. The van der Waals surface area contributed by atoms with Crippen LogP contribution < -0.4 is 5.32 Å². The molecule has 6 nitrogen and oxygen atoms in total. The summed E-state index contributed by atoms with van der Waals surface area (Å²) in [6, 6.07) is 14.0. The summed E-state index contributed by atoms with van der Waals surface area (Å²) in [6.07, 6.45) is -0.124. The third-order valence-electron chi connectivity index (χ3n) is 7.17. The zero-order valence-electron chi connectivity index (χ0n) is 23.2. The van der Waals surface area contributed by atoms with E-state index >= 15 is 0 Å². The maximum atomic E-state index is 13.6. The van der Waals surface area contributed by atoms with Gasteiger partial charge in [-0.25, -0.2) is 4.79 Å². The lowest BCUT2D eigenvalue weighted by molar-refractivity contribution is -0.137. The number of halogens is 3. The highest BCUT2D eigenvalue weighted by Gasteiger charge is 2.32. The summed E-state index contributed by atoms with van der Waals surface area (Å²) >= 11 is 0. The number of urea groups is 1. The minimum absolute atomic E-state index is 0.121. The quantitative estimate of drug-likeness (QED) is 0.267. The van der Waals surface area contributed by atoms with Crippen molar-refractivity contribution in [1.82, 2.24) is 20.2 Å². The molecule has 1 N–H and O–H groups in total. The number of nitrogens with zero attached hydrogens (tertiary/aromatic N) is 3. The number of alkyl halides is 3. The topological polar surface area (TPSA) is 75.2 Å². The van der Waals surface area contributed by atoms with Crippen LogP contribution >= 0.6 is 0 Å². The molecule has 0 saturated carbocycles. The van der Waals surface area contributed by atoms with Gasteiger partial charge in [0.2, 0.25) is 0 Å². The molecule has 0 saturated heterocycles. The number of aryl methyl sites for hydroxylation is 1. The molecule has 0 aliphatic carbocycles. The Morgan fingerprint density at radius 3 is 2.51 bits per heavy atom. The van der Waals surface area contributed by atoms with Crippen molar-refractivity contribution in [3.05, 3.63) is 94.9 Å². The van der Waals surface area contributed by atoms with Crippen LogP contribution in [0.1, 0.15) is 59.9 Å². The lowest BCUT2D eigenvalue weighted by Gasteiger charge is -2.34. The fraction of sp³-hybridized carbons (Fsp3) is 0.312. The van der Waals surface area contributed by atoms with Crippen LogP contribution in [0.15, 0.2) is 67.0 Å². The van der Waals surface area contributed by atoms with Crippen LogP contribution in [0.5, 0.6) is 0 Å². The molecule has 5 rings (SSSR count). The Balaban J connectivity index is 1.50. The molecule has 0 atom stereocenters. The summed E-state index contributed by atoms with van der Waals surface area (Å²) in [7, 11) is 0. The number of carbonyl (C=O) groups is 2. The number of pyridine rings is 2. The highest BCUT2D eigenvalue weighted by molar-refractivity contribution is 5.99. The van der Waals surface area contributed by atoms with Gasteiger partial charge in [0.15, 0.2) is 5.78 Å². The maximum Gasteiger partial charge on any atom is 0.416 e. The molecular weight excluding hydrogens is 529 g/mol. The largest absolute Gasteiger partial charge is 0.416 e. The molecule has 0 bridgehead atoms. The minimum atomic E-state index is -4.47. The second kappa shape index (κ2) is 11.0. The highest BCUT2D eigenvalue weighted by Crippen LogP contribution is 2.37. The van der Waals surface area contributed by atoms with Gasteiger partial charge in [-0.15, -0.1) is 0 Å². The Bertz CT molecular complexity index is 1620. The van der Waals surface area contributed by atoms with E-state index in [1.807, 2.05) is 39.0 Å². The van der Waals surface area contributed by atoms with Crippen LogP contribution in [-0.2, 0) is 25.6 Å². The van der Waals surface area contributed by atoms with Gasteiger partial charge >= 0.3 is 12.2 Å². The maximum absolute atomic E-state index is 13.6. The zero-order valence-corrected chi connectivity index (χ0v) is 23.2. The highest BCUT2D eigenvalue weighted by atomic mass is 19.4. The molecule has 1 aliphatic rings. The molecule has 0 radical (unpaired) electrons. The van der Waals surface area contributed by atoms with Crippen LogP contribution in [0, 0.1) is 0 Å². The average molecular weight is 561 g/mol. The number of hydrogen-bond acceptors (Lipinski definition) is 4. The normalized spacial score (nSPS) is 13.7. The van der Waals surface area contributed by atoms with Gasteiger partial charge in [-0.2, -0.15) is 13.2 Å². The standard InChI is InChI=1S/C32H31F3N4O2/c1-31(2,3)38-30(41)39-17-14-24-23(21-6-4-8-22(18-21)32(33,34)35)9-10-25(26(24)19-39)28(40)12-11-27-29-20(13-16-36-27)7-5-15-37-29/h4-10,13,15-16,18H,11-12,14,17,19H2,1-3H3,(H,38,41). The van der Waals surface area contributed by atoms with E-state index in [9.17, 15) is 22.8 Å². The van der Waals surface area contributed by atoms with E-state index in [0.717, 1.165) is 34.3 Å². The summed E-state index contributed by atoms with van der Waals surface area (Å²) in [4.78, 5) is 37.2. The first-order chi connectivity index (χ1) is 19.4. The van der Waals surface area contributed by atoms with Crippen molar-refractivity contribution in [3.63, 3.8) is 0 Å². The van der Waals surface area contributed by atoms with Gasteiger partial charge in [0.1, 0.15) is 0 Å². The molecule has 1 aliphatic heterocycles. The van der Waals surface area contributed by atoms with Crippen LogP contribution in [0.2, 0.25) is 0 Å². The molecule has 212 valence electrons. The Kier molecular flexibility index (Phi) is 7.55. The van der Waals surface area contributed by atoms with Crippen molar-refractivity contribution in [2.75, 3.05) is 6.54 Å². The van der Waals surface area contributed by atoms with Gasteiger partial charge in [-0.05, 0) is 80.1 Å². The van der Waals surface area contributed by atoms with Crippen LogP contribution in [-0.4, -0.2) is 38.8 Å². The number of benzene rings is 2. The number of Topliss-reactive ketones (excluding diaryl/α,β-unsaturated/α-hetero) is 1. The molecule has 3 heterocycles. The van der Waals surface area contributed by atoms with E-state index in [1.165, 1.54) is 6.07 Å². The molecule has 0 spiro atoms. The van der Waals surface area contributed by atoms with E-state index in [1.54, 1.807) is 35.5 Å². The molecular formula is C32H31F3N4O2. The summed E-state index contributed by atoms with van der Waals surface area (Å²) in [5, 5.41) is 3.90. The summed E-state index contributed by atoms with van der Waals surface area (Å²) in [5.41, 5.74) is 3.28. The van der Waals surface area contributed by atoms with Crippen molar-refractivity contribution < 1.29 is 22.8 Å². The average Bonchev–Trinajstić information content (AvgIpc) is 2.93. The van der Waals surface area contributed by atoms with Crippen molar-refractivity contribution in [3.8, 4) is 11.1 Å². The number of fused-ring (bicyclic) bond motifs is 2. The molecule has 4 aromatic rings. The Morgan fingerprint density at radius 2 is 1.76 bits per heavy atom. The van der Waals surface area contributed by atoms with E-state index in [-0.39, 0.29) is 24.8 Å².